The number of para-hydroxylation sites is 1. The van der Waals surface area contributed by atoms with Gasteiger partial charge in [-0.1, -0.05) is 35.3 Å². The van der Waals surface area contributed by atoms with Crippen molar-refractivity contribution in [3.8, 4) is 5.75 Å². The molecule has 5 heteroatoms. The molecule has 1 aromatic heterocycles. The van der Waals surface area contributed by atoms with Crippen LogP contribution in [0.2, 0.25) is 10.0 Å². The summed E-state index contributed by atoms with van der Waals surface area (Å²) in [7, 11) is 1.46. The summed E-state index contributed by atoms with van der Waals surface area (Å²) in [5.41, 5.74) is 0.598. The summed E-state index contributed by atoms with van der Waals surface area (Å²) in [6.45, 7) is 0. The number of benzene rings is 2. The molecule has 96 valence electrons. The van der Waals surface area contributed by atoms with Crippen LogP contribution in [0.4, 0.5) is 0 Å². The summed E-state index contributed by atoms with van der Waals surface area (Å²) in [6, 6.07) is 8.50. The molecular weight excluding hydrogens is 287 g/mol. The maximum Gasteiger partial charge on any atom is 0.200 e. The maximum atomic E-state index is 12.4. The standard InChI is InChI=1S/C14H8Cl2O3/c1-18-14-9(15)6-8-12(17)7-4-2-3-5-10(7)19-13(8)11(14)16/h2-6H,1H3. The molecule has 3 rings (SSSR count). The van der Waals surface area contributed by atoms with Gasteiger partial charge in [-0.3, -0.25) is 4.79 Å². The molecule has 19 heavy (non-hydrogen) atoms. The second-order valence-electron chi connectivity index (χ2n) is 4.01. The van der Waals surface area contributed by atoms with E-state index in [1.54, 1.807) is 24.3 Å². The fourth-order valence-corrected chi connectivity index (χ4v) is 2.69. The van der Waals surface area contributed by atoms with Crippen LogP contribution < -0.4 is 10.2 Å². The normalized spacial score (nSPS) is 11.1. The van der Waals surface area contributed by atoms with Crippen molar-refractivity contribution in [2.45, 2.75) is 0 Å². The van der Waals surface area contributed by atoms with E-state index in [1.165, 1.54) is 13.2 Å². The van der Waals surface area contributed by atoms with Gasteiger partial charge in [0.2, 0.25) is 5.43 Å². The van der Waals surface area contributed by atoms with E-state index in [1.807, 2.05) is 0 Å². The molecule has 0 aliphatic carbocycles. The molecule has 0 radical (unpaired) electrons. The van der Waals surface area contributed by atoms with Gasteiger partial charge in [0.05, 0.1) is 22.9 Å². The molecule has 0 aliphatic rings. The number of ether oxygens (including phenoxy) is 1. The summed E-state index contributed by atoms with van der Waals surface area (Å²) in [5.74, 6) is 0.300. The Balaban J connectivity index is 2.59. The molecule has 0 atom stereocenters. The van der Waals surface area contributed by atoms with Crippen molar-refractivity contribution in [2.24, 2.45) is 0 Å². The Morgan fingerprint density at radius 3 is 2.63 bits per heavy atom. The van der Waals surface area contributed by atoms with Crippen LogP contribution in [-0.4, -0.2) is 7.11 Å². The molecule has 0 spiro atoms. The summed E-state index contributed by atoms with van der Waals surface area (Å²) < 4.78 is 10.8. The van der Waals surface area contributed by atoms with Crippen LogP contribution in [0, 0.1) is 0 Å². The first-order chi connectivity index (χ1) is 9.13. The largest absolute Gasteiger partial charge is 0.493 e. The van der Waals surface area contributed by atoms with Crippen LogP contribution in [0.1, 0.15) is 0 Å². The van der Waals surface area contributed by atoms with Crippen LogP contribution in [0.25, 0.3) is 21.9 Å². The van der Waals surface area contributed by atoms with Gasteiger partial charge in [-0.25, -0.2) is 0 Å². The topological polar surface area (TPSA) is 39.4 Å². The third kappa shape index (κ3) is 1.78. The molecule has 0 saturated carbocycles. The zero-order valence-electron chi connectivity index (χ0n) is 9.87. The first-order valence-corrected chi connectivity index (χ1v) is 6.26. The Bertz CT molecular complexity index is 853. The third-order valence-corrected chi connectivity index (χ3v) is 3.55. The van der Waals surface area contributed by atoms with Crippen LogP contribution in [0.15, 0.2) is 39.5 Å². The van der Waals surface area contributed by atoms with Crippen molar-refractivity contribution in [1.29, 1.82) is 0 Å². The highest BCUT2D eigenvalue weighted by molar-refractivity contribution is 6.40. The Morgan fingerprint density at radius 1 is 1.16 bits per heavy atom. The maximum absolute atomic E-state index is 12.4. The second kappa shape index (κ2) is 4.44. The van der Waals surface area contributed by atoms with E-state index in [9.17, 15) is 4.79 Å². The highest BCUT2D eigenvalue weighted by Gasteiger charge is 2.17. The summed E-state index contributed by atoms with van der Waals surface area (Å²) in [6.07, 6.45) is 0. The highest BCUT2D eigenvalue weighted by Crippen LogP contribution is 2.38. The Hall–Kier alpha value is -1.71. The van der Waals surface area contributed by atoms with Crippen LogP contribution in [0.5, 0.6) is 5.75 Å². The van der Waals surface area contributed by atoms with Gasteiger partial charge in [0.15, 0.2) is 11.3 Å². The fraction of sp³-hybridized carbons (Fsp3) is 0.0714. The van der Waals surface area contributed by atoms with E-state index < -0.39 is 0 Å². The van der Waals surface area contributed by atoms with Crippen LogP contribution >= 0.6 is 23.2 Å². The molecule has 0 aliphatic heterocycles. The molecule has 2 aromatic carbocycles. The first-order valence-electron chi connectivity index (χ1n) is 5.51. The molecule has 1 heterocycles. The van der Waals surface area contributed by atoms with Gasteiger partial charge < -0.3 is 9.15 Å². The molecule has 0 N–H and O–H groups in total. The number of rotatable bonds is 1. The van der Waals surface area contributed by atoms with Crippen molar-refractivity contribution >= 4 is 45.1 Å². The molecule has 3 nitrogen and oxygen atoms in total. The molecule has 3 aromatic rings. The molecule has 0 fully saturated rings. The van der Waals surface area contributed by atoms with Crippen LogP contribution in [0.3, 0.4) is 0 Å². The van der Waals surface area contributed by atoms with Gasteiger partial charge >= 0.3 is 0 Å². The van der Waals surface area contributed by atoms with Crippen molar-refractivity contribution in [3.63, 3.8) is 0 Å². The first kappa shape index (κ1) is 12.3. The third-order valence-electron chi connectivity index (χ3n) is 2.92. The van der Waals surface area contributed by atoms with E-state index in [2.05, 4.69) is 0 Å². The second-order valence-corrected chi connectivity index (χ2v) is 4.79. The zero-order chi connectivity index (χ0) is 13.6. The number of fused-ring (bicyclic) bond motifs is 2. The minimum absolute atomic E-state index is 0.164. The molecule has 0 bridgehead atoms. The van der Waals surface area contributed by atoms with Gasteiger partial charge in [-0.15, -0.1) is 0 Å². The molecule has 0 unspecified atom stereocenters. The summed E-state index contributed by atoms with van der Waals surface area (Å²) >= 11 is 12.2. The number of hydrogen-bond acceptors (Lipinski definition) is 3. The van der Waals surface area contributed by atoms with E-state index in [0.29, 0.717) is 22.1 Å². The fourth-order valence-electron chi connectivity index (χ4n) is 2.04. The van der Waals surface area contributed by atoms with Crippen LogP contribution in [-0.2, 0) is 0 Å². The lowest BCUT2D eigenvalue weighted by Crippen LogP contribution is -2.02. The highest BCUT2D eigenvalue weighted by atomic mass is 35.5. The van der Waals surface area contributed by atoms with Gasteiger partial charge in [-0.2, -0.15) is 0 Å². The predicted molar refractivity (Wildman–Crippen MR) is 76.6 cm³/mol. The Labute approximate surface area is 118 Å². The monoisotopic (exact) mass is 294 g/mol. The quantitative estimate of drug-likeness (QED) is 0.630. The van der Waals surface area contributed by atoms with Crippen molar-refractivity contribution < 1.29 is 9.15 Å². The lowest BCUT2D eigenvalue weighted by molar-refractivity contribution is 0.415. The SMILES string of the molecule is COc1c(Cl)cc2c(=O)c3ccccc3oc2c1Cl. The van der Waals surface area contributed by atoms with Gasteiger partial charge in [0.1, 0.15) is 10.6 Å². The van der Waals surface area contributed by atoms with Crippen molar-refractivity contribution in [2.75, 3.05) is 7.11 Å². The average molecular weight is 295 g/mol. The van der Waals surface area contributed by atoms with E-state index >= 15 is 0 Å². The Morgan fingerprint density at radius 2 is 1.89 bits per heavy atom. The van der Waals surface area contributed by atoms with Gasteiger partial charge in [-0.05, 0) is 18.2 Å². The molecule has 0 saturated heterocycles. The predicted octanol–water partition coefficient (Wildman–Crippen LogP) is 4.26. The van der Waals surface area contributed by atoms with E-state index in [0.717, 1.165) is 0 Å². The van der Waals surface area contributed by atoms with Crippen molar-refractivity contribution in [1.82, 2.24) is 0 Å². The average Bonchev–Trinajstić information content (AvgIpc) is 2.41. The Kier molecular flexibility index (Phi) is 2.88. The van der Waals surface area contributed by atoms with Crippen molar-refractivity contribution in [3.05, 3.63) is 50.6 Å². The number of halogens is 2. The minimum atomic E-state index is -0.164. The zero-order valence-corrected chi connectivity index (χ0v) is 11.4. The number of methoxy groups -OCH3 is 1. The lowest BCUT2D eigenvalue weighted by Gasteiger charge is -2.08. The summed E-state index contributed by atoms with van der Waals surface area (Å²) in [5, 5.41) is 1.32. The van der Waals surface area contributed by atoms with E-state index in [4.69, 9.17) is 32.4 Å². The molecular formula is C14H8Cl2O3. The molecule has 0 amide bonds. The van der Waals surface area contributed by atoms with Gasteiger partial charge in [0.25, 0.3) is 0 Å². The van der Waals surface area contributed by atoms with Gasteiger partial charge in [0, 0.05) is 0 Å². The van der Waals surface area contributed by atoms with E-state index in [-0.39, 0.29) is 21.1 Å². The lowest BCUT2D eigenvalue weighted by atomic mass is 10.1. The summed E-state index contributed by atoms with van der Waals surface area (Å²) in [4.78, 5) is 12.4. The smallest absolute Gasteiger partial charge is 0.200 e. The minimum Gasteiger partial charge on any atom is -0.493 e. The number of hydrogen-bond donors (Lipinski definition) is 0.